The van der Waals surface area contributed by atoms with Crippen LogP contribution in [0.2, 0.25) is 0 Å². The number of hydrogen-bond acceptors (Lipinski definition) is 4. The second-order valence-corrected chi connectivity index (χ2v) is 3.62. The van der Waals surface area contributed by atoms with Gasteiger partial charge in [0.15, 0.2) is 0 Å². The van der Waals surface area contributed by atoms with Crippen LogP contribution in [-0.2, 0) is 6.42 Å². The molecule has 1 aromatic carbocycles. The van der Waals surface area contributed by atoms with Gasteiger partial charge in [-0.3, -0.25) is 0 Å². The van der Waals surface area contributed by atoms with Gasteiger partial charge in [0.05, 0.1) is 0 Å². The fourth-order valence-corrected chi connectivity index (χ4v) is 1.49. The number of nitrogens with one attached hydrogen (secondary N) is 1. The van der Waals surface area contributed by atoms with Crippen molar-refractivity contribution in [2.45, 2.75) is 19.4 Å². The molecule has 1 aromatic heterocycles. The molecule has 1 atom stereocenters. The monoisotopic (exact) mass is 203 g/mol. The summed E-state index contributed by atoms with van der Waals surface area (Å²) in [6.45, 7) is 1.99. The first kappa shape index (κ1) is 9.79. The molecule has 0 spiro atoms. The normalized spacial score (nSPS) is 12.7. The molecule has 5 heteroatoms. The number of nitrogens with zero attached hydrogens (tertiary/aromatic N) is 3. The van der Waals surface area contributed by atoms with E-state index in [0.29, 0.717) is 5.82 Å². The lowest BCUT2D eigenvalue weighted by Gasteiger charge is -2.05. The van der Waals surface area contributed by atoms with E-state index in [0.717, 1.165) is 12.0 Å². The van der Waals surface area contributed by atoms with E-state index in [9.17, 15) is 0 Å². The number of tetrazole rings is 1. The Kier molecular flexibility index (Phi) is 2.73. The Bertz CT molecular complexity index is 421. The second kappa shape index (κ2) is 4.18. The second-order valence-electron chi connectivity index (χ2n) is 3.62. The van der Waals surface area contributed by atoms with Crippen LogP contribution in [0.5, 0.6) is 0 Å². The average molecular weight is 203 g/mol. The van der Waals surface area contributed by atoms with Gasteiger partial charge < -0.3 is 5.73 Å². The van der Waals surface area contributed by atoms with Gasteiger partial charge in [-0.15, -0.1) is 10.2 Å². The van der Waals surface area contributed by atoms with Crippen molar-refractivity contribution >= 4 is 0 Å². The summed E-state index contributed by atoms with van der Waals surface area (Å²) >= 11 is 0. The molecule has 0 bridgehead atoms. The summed E-state index contributed by atoms with van der Waals surface area (Å²) in [5, 5.41) is 13.8. The summed E-state index contributed by atoms with van der Waals surface area (Å²) in [5.41, 5.74) is 7.89. The van der Waals surface area contributed by atoms with Gasteiger partial charge in [0, 0.05) is 11.6 Å². The molecule has 2 rings (SSSR count). The summed E-state index contributed by atoms with van der Waals surface area (Å²) in [6, 6.07) is 8.17. The summed E-state index contributed by atoms with van der Waals surface area (Å²) < 4.78 is 0. The Morgan fingerprint density at radius 2 is 2.33 bits per heavy atom. The molecular formula is C10H13N5. The molecule has 0 saturated heterocycles. The predicted octanol–water partition coefficient (Wildman–Crippen LogP) is 0.756. The highest BCUT2D eigenvalue weighted by molar-refractivity contribution is 5.54. The fraction of sp³-hybridized carbons (Fsp3) is 0.300. The molecule has 0 saturated carbocycles. The number of H-pyrrole nitrogens is 1. The zero-order valence-corrected chi connectivity index (χ0v) is 8.51. The van der Waals surface area contributed by atoms with Crippen molar-refractivity contribution in [1.29, 1.82) is 0 Å². The molecule has 0 amide bonds. The molecule has 15 heavy (non-hydrogen) atoms. The fourth-order valence-electron chi connectivity index (χ4n) is 1.49. The molecule has 5 nitrogen and oxygen atoms in total. The van der Waals surface area contributed by atoms with Crippen LogP contribution in [0.3, 0.4) is 0 Å². The molecule has 2 aromatic rings. The number of aromatic nitrogens is 4. The lowest BCUT2D eigenvalue weighted by atomic mass is 10.0. The molecule has 78 valence electrons. The third-order valence-corrected chi connectivity index (χ3v) is 2.09. The van der Waals surface area contributed by atoms with Crippen molar-refractivity contribution in [3.8, 4) is 11.4 Å². The van der Waals surface area contributed by atoms with E-state index in [2.05, 4.69) is 20.6 Å². The third kappa shape index (κ3) is 2.38. The predicted molar refractivity (Wildman–Crippen MR) is 57.0 cm³/mol. The Hall–Kier alpha value is -1.75. The first-order valence-electron chi connectivity index (χ1n) is 4.84. The Balaban J connectivity index is 2.27. The molecule has 3 N–H and O–H groups in total. The van der Waals surface area contributed by atoms with Gasteiger partial charge in [-0.25, -0.2) is 0 Å². The maximum atomic E-state index is 5.74. The quantitative estimate of drug-likeness (QED) is 0.771. The van der Waals surface area contributed by atoms with E-state index in [1.807, 2.05) is 31.2 Å². The molecule has 0 aliphatic heterocycles. The molecule has 0 aliphatic carbocycles. The maximum Gasteiger partial charge on any atom is 0.204 e. The first-order chi connectivity index (χ1) is 7.25. The van der Waals surface area contributed by atoms with Crippen LogP contribution < -0.4 is 5.73 Å². The zero-order chi connectivity index (χ0) is 10.7. The summed E-state index contributed by atoms with van der Waals surface area (Å²) in [7, 11) is 0. The van der Waals surface area contributed by atoms with E-state index in [4.69, 9.17) is 5.73 Å². The van der Waals surface area contributed by atoms with Crippen LogP contribution in [-0.4, -0.2) is 26.7 Å². The molecule has 0 radical (unpaired) electrons. The average Bonchev–Trinajstić information content (AvgIpc) is 2.69. The van der Waals surface area contributed by atoms with Gasteiger partial charge in [-0.1, -0.05) is 18.2 Å². The summed E-state index contributed by atoms with van der Waals surface area (Å²) in [5.74, 6) is 0.613. The van der Waals surface area contributed by atoms with E-state index >= 15 is 0 Å². The van der Waals surface area contributed by atoms with Crippen LogP contribution in [0.4, 0.5) is 0 Å². The minimum absolute atomic E-state index is 0.158. The topological polar surface area (TPSA) is 80.5 Å². The van der Waals surface area contributed by atoms with Crippen molar-refractivity contribution in [3.05, 3.63) is 29.8 Å². The van der Waals surface area contributed by atoms with Crippen LogP contribution in [0.15, 0.2) is 24.3 Å². The van der Waals surface area contributed by atoms with Gasteiger partial charge >= 0.3 is 0 Å². The number of benzene rings is 1. The lowest BCUT2D eigenvalue weighted by Crippen LogP contribution is -2.17. The number of hydrogen-bond donors (Lipinski definition) is 2. The minimum atomic E-state index is 0.158. The Morgan fingerprint density at radius 3 is 3.00 bits per heavy atom. The third-order valence-electron chi connectivity index (χ3n) is 2.09. The number of aromatic amines is 1. The van der Waals surface area contributed by atoms with Crippen LogP contribution in [0, 0.1) is 0 Å². The summed E-state index contributed by atoms with van der Waals surface area (Å²) in [4.78, 5) is 0. The van der Waals surface area contributed by atoms with Gasteiger partial charge in [-0.05, 0) is 30.2 Å². The minimum Gasteiger partial charge on any atom is -0.328 e. The van der Waals surface area contributed by atoms with Gasteiger partial charge in [0.1, 0.15) is 0 Å². The molecule has 0 aliphatic rings. The standard InChI is InChI=1S/C10H13N5/c1-7(11)5-8-3-2-4-9(6-8)10-12-14-15-13-10/h2-4,6-7H,5,11H2,1H3,(H,12,13,14,15)/t7-/m1/s1. The van der Waals surface area contributed by atoms with Crippen molar-refractivity contribution in [2.75, 3.05) is 0 Å². The van der Waals surface area contributed by atoms with Gasteiger partial charge in [-0.2, -0.15) is 5.21 Å². The van der Waals surface area contributed by atoms with Crippen LogP contribution in [0.25, 0.3) is 11.4 Å². The van der Waals surface area contributed by atoms with Gasteiger partial charge in [0.25, 0.3) is 0 Å². The lowest BCUT2D eigenvalue weighted by molar-refractivity contribution is 0.738. The highest BCUT2D eigenvalue weighted by Crippen LogP contribution is 2.15. The Morgan fingerprint density at radius 1 is 1.47 bits per heavy atom. The van der Waals surface area contributed by atoms with Crippen molar-refractivity contribution < 1.29 is 0 Å². The molecule has 0 fully saturated rings. The number of rotatable bonds is 3. The van der Waals surface area contributed by atoms with E-state index in [-0.39, 0.29) is 6.04 Å². The maximum absolute atomic E-state index is 5.74. The smallest absolute Gasteiger partial charge is 0.204 e. The van der Waals surface area contributed by atoms with E-state index in [1.165, 1.54) is 5.56 Å². The van der Waals surface area contributed by atoms with E-state index < -0.39 is 0 Å². The highest BCUT2D eigenvalue weighted by atomic mass is 15.5. The summed E-state index contributed by atoms with van der Waals surface area (Å²) in [6.07, 6.45) is 0.853. The molecule has 1 heterocycles. The highest BCUT2D eigenvalue weighted by Gasteiger charge is 2.04. The number of nitrogens with two attached hydrogens (primary N) is 1. The van der Waals surface area contributed by atoms with Crippen LogP contribution in [0.1, 0.15) is 12.5 Å². The molecular weight excluding hydrogens is 190 g/mol. The first-order valence-corrected chi connectivity index (χ1v) is 4.84. The molecule has 0 unspecified atom stereocenters. The van der Waals surface area contributed by atoms with Crippen molar-refractivity contribution in [1.82, 2.24) is 20.6 Å². The SMILES string of the molecule is C[C@@H](N)Cc1cccc(-c2nn[nH]n2)c1. The van der Waals surface area contributed by atoms with E-state index in [1.54, 1.807) is 0 Å². The van der Waals surface area contributed by atoms with Crippen molar-refractivity contribution in [2.24, 2.45) is 5.73 Å². The largest absolute Gasteiger partial charge is 0.328 e. The van der Waals surface area contributed by atoms with Gasteiger partial charge in [0.2, 0.25) is 5.82 Å². The van der Waals surface area contributed by atoms with Crippen molar-refractivity contribution in [3.63, 3.8) is 0 Å². The zero-order valence-electron chi connectivity index (χ0n) is 8.51. The van der Waals surface area contributed by atoms with Crippen LogP contribution >= 0.6 is 0 Å². The Labute approximate surface area is 87.7 Å².